The Kier molecular flexibility index (Phi) is 50.2. The Morgan fingerprint density at radius 1 is 0.191 bits per heavy atom. The molecule has 10 rings (SSSR count). The summed E-state index contributed by atoms with van der Waals surface area (Å²) in [6, 6.07) is 30.5. The van der Waals surface area contributed by atoms with Crippen molar-refractivity contribution in [3.05, 3.63) is 149 Å². The Hall–Kier alpha value is -7.00. The van der Waals surface area contributed by atoms with Gasteiger partial charge < -0.3 is 24.5 Å². The molecule has 620 valence electrons. The molecule has 5 aromatic rings. The van der Waals surface area contributed by atoms with E-state index >= 15 is 0 Å². The molecule has 5 heterocycles. The average molecular weight is 1630 g/mol. The molecule has 0 aliphatic carbocycles. The third-order valence-electron chi connectivity index (χ3n) is 16.3. The molecule has 110 heavy (non-hydrogen) atoms. The molecular weight excluding hydrogens is 1500 g/mol. The Morgan fingerprint density at radius 3 is 0.382 bits per heavy atom. The number of hydrogen-bond acceptors (Lipinski definition) is 20. The molecule has 0 saturated heterocycles. The molecule has 0 unspecified atom stereocenters. The number of fused-ring (bicyclic) bond motifs is 5. The van der Waals surface area contributed by atoms with E-state index in [0.29, 0.717) is 0 Å². The minimum Gasteiger partial charge on any atom is -0.303 e. The quantitative estimate of drug-likeness (QED) is 0.0285. The van der Waals surface area contributed by atoms with Crippen LogP contribution in [0.25, 0.3) is 0 Å². The van der Waals surface area contributed by atoms with Gasteiger partial charge in [-0.1, -0.05) is 165 Å². The molecule has 0 atom stereocenters. The molecule has 0 bridgehead atoms. The van der Waals surface area contributed by atoms with Crippen molar-refractivity contribution in [3.63, 3.8) is 0 Å². The molecule has 5 aliphatic heterocycles. The van der Waals surface area contributed by atoms with Crippen molar-refractivity contribution in [2.24, 2.45) is 0 Å². The zero-order valence-electron chi connectivity index (χ0n) is 68.2. The predicted molar refractivity (Wildman–Crippen MR) is 442 cm³/mol. The van der Waals surface area contributed by atoms with Gasteiger partial charge in [-0.05, 0) is 255 Å². The lowest BCUT2D eigenvalue weighted by atomic mass is 10.2. The van der Waals surface area contributed by atoms with Crippen LogP contribution in [0.3, 0.4) is 0 Å². The number of carbonyl (C=O) groups is 5. The highest BCUT2D eigenvalue weighted by Crippen LogP contribution is 2.25. The summed E-state index contributed by atoms with van der Waals surface area (Å²) < 4.78 is 121. The number of nitrogens with zero attached hydrogens (tertiary/aromatic N) is 5. The fourth-order valence-electron chi connectivity index (χ4n) is 12.0. The summed E-state index contributed by atoms with van der Waals surface area (Å²) in [4.78, 5) is 68.0. The maximum Gasteiger partial charge on any atom is 0.266 e. The van der Waals surface area contributed by atoms with Crippen LogP contribution in [-0.2, 0) is 50.1 Å². The molecule has 0 spiro atoms. The highest BCUT2D eigenvalue weighted by Gasteiger charge is 2.35. The summed E-state index contributed by atoms with van der Waals surface area (Å²) in [6.45, 7) is 52.9. The summed E-state index contributed by atoms with van der Waals surface area (Å²) in [7, 11) is -17.8. The zero-order valence-corrected chi connectivity index (χ0v) is 72.2. The third kappa shape index (κ3) is 35.8. The molecule has 25 nitrogen and oxygen atoms in total. The lowest BCUT2D eigenvalue weighted by molar-refractivity contribution is 0.0976. The van der Waals surface area contributed by atoms with Crippen molar-refractivity contribution in [3.8, 4) is 0 Å². The lowest BCUT2D eigenvalue weighted by Gasteiger charge is -2.19. The number of hydrogen-bond donors (Lipinski definition) is 5. The predicted octanol–water partition coefficient (Wildman–Crippen LogP) is 13.2. The highest BCUT2D eigenvalue weighted by atomic mass is 32.2. The topological polar surface area (TPSA) is 332 Å². The van der Waals surface area contributed by atoms with Gasteiger partial charge in [0.2, 0.25) is 0 Å². The molecule has 0 fully saturated rings. The van der Waals surface area contributed by atoms with Crippen LogP contribution < -0.4 is 23.6 Å². The summed E-state index contributed by atoms with van der Waals surface area (Å²) >= 11 is 0. The first-order valence-corrected chi connectivity index (χ1v) is 46.6. The van der Waals surface area contributed by atoms with Crippen molar-refractivity contribution in [1.82, 2.24) is 48.1 Å². The standard InChI is InChI=1S/5C9H21N.5C7H5NO3S/c5*1-4-7-10(8-5-2)9-6-3;5*9-7-5-3-1-2-4-6(5)12(10,11)8-7/h5*4-9H2,1-3H3;5*1-4H,(H,8,9). The Balaban J connectivity index is 0.000000612. The van der Waals surface area contributed by atoms with Crippen molar-refractivity contribution in [1.29, 1.82) is 0 Å². The van der Waals surface area contributed by atoms with Crippen molar-refractivity contribution >= 4 is 79.7 Å². The van der Waals surface area contributed by atoms with E-state index in [0.717, 1.165) is 0 Å². The SMILES string of the molecule is CCCN(CCC)CCC.CCCN(CCC)CCC.CCCN(CCC)CCC.CCCN(CCC)CCC.CCCN(CCC)CCC.O=C1NS(=O)(=O)c2ccccc21.O=C1NS(=O)(=O)c2ccccc21.O=C1NS(=O)(=O)c2ccccc21.O=C1NS(=O)(=O)c2ccccc21.O=C1NS(=O)(=O)c2ccccc21. The van der Waals surface area contributed by atoms with E-state index in [-0.39, 0.29) is 52.3 Å². The van der Waals surface area contributed by atoms with Crippen LogP contribution in [0.5, 0.6) is 0 Å². The van der Waals surface area contributed by atoms with E-state index in [1.54, 1.807) is 60.7 Å². The second-order valence-corrected chi connectivity index (χ2v) is 34.6. The summed E-state index contributed by atoms with van der Waals surface area (Å²) in [5, 5.41) is 0. The van der Waals surface area contributed by atoms with E-state index in [9.17, 15) is 66.1 Å². The van der Waals surface area contributed by atoms with Gasteiger partial charge in [-0.2, -0.15) is 0 Å². The molecule has 30 heteroatoms. The Morgan fingerprint density at radius 2 is 0.291 bits per heavy atom. The minimum atomic E-state index is -3.55. The maximum absolute atomic E-state index is 11.1. The van der Waals surface area contributed by atoms with E-state index < -0.39 is 79.7 Å². The van der Waals surface area contributed by atoms with Gasteiger partial charge in [0.05, 0.1) is 27.8 Å². The van der Waals surface area contributed by atoms with Crippen molar-refractivity contribution < 1.29 is 66.1 Å². The van der Waals surface area contributed by atoms with E-state index in [1.807, 2.05) is 23.6 Å². The van der Waals surface area contributed by atoms with Crippen LogP contribution in [0.1, 0.15) is 252 Å². The van der Waals surface area contributed by atoms with Gasteiger partial charge in [-0.3, -0.25) is 24.0 Å². The minimum absolute atomic E-state index is 0.0648. The van der Waals surface area contributed by atoms with Crippen LogP contribution in [-0.4, -0.2) is 194 Å². The molecule has 5 aromatic carbocycles. The number of rotatable bonds is 30. The summed E-state index contributed by atoms with van der Waals surface area (Å²) in [6.07, 6.45) is 19.4. The van der Waals surface area contributed by atoms with E-state index in [1.165, 1.54) is 255 Å². The molecule has 0 radical (unpaired) electrons. The first-order chi connectivity index (χ1) is 52.3. The Bertz CT molecular complexity index is 3470. The van der Waals surface area contributed by atoms with Crippen LogP contribution in [0.4, 0.5) is 0 Å². The van der Waals surface area contributed by atoms with Crippen LogP contribution in [0.15, 0.2) is 146 Å². The van der Waals surface area contributed by atoms with E-state index in [4.69, 9.17) is 0 Å². The van der Waals surface area contributed by atoms with Gasteiger partial charge in [0.1, 0.15) is 24.5 Å². The fraction of sp³-hybridized carbons (Fsp3) is 0.562. The van der Waals surface area contributed by atoms with Gasteiger partial charge in [0.25, 0.3) is 79.7 Å². The first-order valence-electron chi connectivity index (χ1n) is 39.2. The number of amides is 5. The Labute approximate surface area is 661 Å². The lowest BCUT2D eigenvalue weighted by Crippen LogP contribution is -2.26. The monoisotopic (exact) mass is 1630 g/mol. The number of benzene rings is 5. The highest BCUT2D eigenvalue weighted by molar-refractivity contribution is 7.92. The van der Waals surface area contributed by atoms with E-state index in [2.05, 4.69) is 128 Å². The summed E-state index contributed by atoms with van der Waals surface area (Å²) in [5.74, 6) is -2.75. The molecule has 5 amide bonds. The second-order valence-electron chi connectivity index (χ2n) is 26.4. The molecule has 0 saturated carbocycles. The van der Waals surface area contributed by atoms with Crippen LogP contribution >= 0.6 is 0 Å². The number of nitrogens with one attached hydrogen (secondary N) is 5. The fourth-order valence-corrected chi connectivity index (χ4v) is 17.9. The molecular formula is C80H130N10O15S5. The first kappa shape index (κ1) is 101. The normalized spacial score (nSPS) is 15.0. The zero-order chi connectivity index (χ0) is 82.9. The van der Waals surface area contributed by atoms with Crippen molar-refractivity contribution in [2.45, 2.75) is 225 Å². The van der Waals surface area contributed by atoms with Crippen LogP contribution in [0.2, 0.25) is 0 Å². The molecule has 5 N–H and O–H groups in total. The largest absolute Gasteiger partial charge is 0.303 e. The van der Waals surface area contributed by atoms with Crippen molar-refractivity contribution in [2.75, 3.05) is 98.2 Å². The van der Waals surface area contributed by atoms with Gasteiger partial charge in [0.15, 0.2) is 0 Å². The van der Waals surface area contributed by atoms with Gasteiger partial charge in [-0.15, -0.1) is 0 Å². The molecule has 5 aliphatic rings. The average Bonchev–Trinajstić information content (AvgIpc) is 1.68. The summed E-state index contributed by atoms with van der Waals surface area (Å²) in [5.41, 5.74) is 1.10. The molecule has 0 aromatic heterocycles. The number of carbonyl (C=O) groups excluding carboxylic acids is 5. The maximum atomic E-state index is 11.1. The van der Waals surface area contributed by atoms with Gasteiger partial charge in [-0.25, -0.2) is 65.7 Å². The second kappa shape index (κ2) is 54.6. The third-order valence-corrected chi connectivity index (χ3v) is 23.3. The number of sulfonamides is 5. The van der Waals surface area contributed by atoms with Gasteiger partial charge >= 0.3 is 0 Å². The van der Waals surface area contributed by atoms with Crippen LogP contribution in [0, 0.1) is 0 Å². The smallest absolute Gasteiger partial charge is 0.266 e. The van der Waals surface area contributed by atoms with Gasteiger partial charge in [0, 0.05) is 0 Å².